The summed E-state index contributed by atoms with van der Waals surface area (Å²) in [7, 11) is 0. The fourth-order valence-electron chi connectivity index (χ4n) is 5.29. The first kappa shape index (κ1) is 31.1. The number of allylic oxidation sites excluding steroid dienone is 1. The van der Waals surface area contributed by atoms with Crippen LogP contribution in [0.2, 0.25) is 0 Å². The molecule has 0 amide bonds. The highest BCUT2D eigenvalue weighted by atomic mass is 16.6. The maximum Gasteiger partial charge on any atom is 0.330 e. The lowest BCUT2D eigenvalue weighted by molar-refractivity contribution is -0.156. The lowest BCUT2D eigenvalue weighted by Gasteiger charge is -2.39. The molecule has 0 spiro atoms. The summed E-state index contributed by atoms with van der Waals surface area (Å²) in [6.07, 6.45) is 9.64. The number of carbonyl (C=O) groups excluding carboxylic acids is 4. The van der Waals surface area contributed by atoms with Crippen LogP contribution in [0.4, 0.5) is 0 Å². The largest absolute Gasteiger partial charge is 0.462 e. The Labute approximate surface area is 215 Å². The van der Waals surface area contributed by atoms with Crippen molar-refractivity contribution in [3.8, 4) is 0 Å². The molecule has 0 aromatic carbocycles. The van der Waals surface area contributed by atoms with Crippen molar-refractivity contribution in [2.24, 2.45) is 28.1 Å². The van der Waals surface area contributed by atoms with Crippen LogP contribution in [0.5, 0.6) is 0 Å². The smallest absolute Gasteiger partial charge is 0.330 e. The molecule has 2 aliphatic carbocycles. The average Bonchev–Trinajstić information content (AvgIpc) is 3.21. The molecule has 0 aromatic rings. The van der Waals surface area contributed by atoms with Gasteiger partial charge in [0.1, 0.15) is 19.8 Å². The first-order valence-corrected chi connectivity index (χ1v) is 12.4. The lowest BCUT2D eigenvalue weighted by atomic mass is 9.65. The molecule has 0 aliphatic heterocycles. The Hall–Kier alpha value is -2.96. The van der Waals surface area contributed by atoms with Gasteiger partial charge in [-0.2, -0.15) is 0 Å². The number of esters is 3. The number of hydrogen-bond acceptors (Lipinski definition) is 7. The van der Waals surface area contributed by atoms with Crippen LogP contribution in [-0.2, 0) is 33.4 Å². The second-order valence-electron chi connectivity index (χ2n) is 10.5. The van der Waals surface area contributed by atoms with Crippen LogP contribution < -0.4 is 0 Å². The van der Waals surface area contributed by atoms with E-state index < -0.39 is 23.3 Å². The van der Waals surface area contributed by atoms with Gasteiger partial charge >= 0.3 is 17.9 Å². The Kier molecular flexibility index (Phi) is 11.5. The topological polar surface area (TPSA) is 96.0 Å². The first-order chi connectivity index (χ1) is 16.8. The molecule has 3 atom stereocenters. The molecule has 2 bridgehead atoms. The molecule has 0 heterocycles. The fraction of sp³-hybridized carbons (Fsp3) is 0.586. The van der Waals surface area contributed by atoms with Crippen molar-refractivity contribution in [1.29, 1.82) is 0 Å². The van der Waals surface area contributed by atoms with Crippen LogP contribution in [0.1, 0.15) is 59.8 Å². The van der Waals surface area contributed by atoms with Gasteiger partial charge in [-0.25, -0.2) is 14.4 Å². The van der Waals surface area contributed by atoms with Gasteiger partial charge in [0.05, 0.1) is 5.41 Å². The van der Waals surface area contributed by atoms with Crippen molar-refractivity contribution in [3.63, 3.8) is 0 Å². The molecule has 0 radical (unpaired) electrons. The zero-order valence-electron chi connectivity index (χ0n) is 22.3. The van der Waals surface area contributed by atoms with E-state index in [1.165, 1.54) is 25.3 Å². The molecule has 36 heavy (non-hydrogen) atoms. The highest BCUT2D eigenvalue weighted by Gasteiger charge is 2.60. The van der Waals surface area contributed by atoms with E-state index >= 15 is 0 Å². The van der Waals surface area contributed by atoms with Crippen molar-refractivity contribution in [3.05, 3.63) is 50.6 Å². The van der Waals surface area contributed by atoms with E-state index in [0.717, 1.165) is 30.6 Å². The van der Waals surface area contributed by atoms with Gasteiger partial charge in [-0.05, 0) is 54.4 Å². The molecule has 0 saturated heterocycles. The van der Waals surface area contributed by atoms with E-state index in [2.05, 4.69) is 47.1 Å². The Morgan fingerprint density at radius 2 is 1.28 bits per heavy atom. The van der Waals surface area contributed by atoms with E-state index in [9.17, 15) is 19.2 Å². The molecule has 2 rings (SSSR count). The highest BCUT2D eigenvalue weighted by Crippen LogP contribution is 2.68. The Morgan fingerprint density at radius 3 is 1.56 bits per heavy atom. The van der Waals surface area contributed by atoms with E-state index in [4.69, 9.17) is 14.2 Å². The normalized spacial score (nSPS) is 23.3. The SMILES string of the molecule is C=CC(=O)CC1CC2CCC1(C)C2(C)C.C=CC(=O)OCC(CC)(COC(=O)C=C)COC(=O)C=C. The number of ketones is 1. The summed E-state index contributed by atoms with van der Waals surface area (Å²) >= 11 is 0. The second-order valence-corrected chi connectivity index (χ2v) is 10.5. The molecule has 7 heteroatoms. The molecule has 3 unspecified atom stereocenters. The number of hydrogen-bond donors (Lipinski definition) is 0. The predicted molar refractivity (Wildman–Crippen MR) is 139 cm³/mol. The molecule has 0 N–H and O–H groups in total. The lowest BCUT2D eigenvalue weighted by Crippen LogP contribution is -2.38. The number of fused-ring (bicyclic) bond motifs is 2. The van der Waals surface area contributed by atoms with Crippen molar-refractivity contribution >= 4 is 23.7 Å². The Bertz CT molecular complexity index is 809. The molecule has 2 aliphatic rings. The summed E-state index contributed by atoms with van der Waals surface area (Å²) in [6.45, 7) is 22.2. The second kappa shape index (κ2) is 13.4. The monoisotopic (exact) mass is 502 g/mol. The minimum atomic E-state index is -0.837. The van der Waals surface area contributed by atoms with Gasteiger partial charge in [-0.3, -0.25) is 4.79 Å². The van der Waals surface area contributed by atoms with Crippen LogP contribution >= 0.6 is 0 Å². The zero-order valence-corrected chi connectivity index (χ0v) is 22.3. The van der Waals surface area contributed by atoms with E-state index in [0.29, 0.717) is 23.2 Å². The Balaban J connectivity index is 0.000000377. The standard InChI is InChI=1S/C15H20O6.C14H22O/c1-5-12(16)19-9-15(8-4,10-20-13(17)6-2)11-21-14(18)7-3;1-5-12(15)9-11-8-10-6-7-14(11,4)13(10,2)3/h5-7H,1-3,8-11H2,4H3;5,10-11H,1,6-9H2,2-4H3. The fourth-order valence-corrected chi connectivity index (χ4v) is 5.29. The summed E-state index contributed by atoms with van der Waals surface area (Å²) in [5.74, 6) is -0.180. The van der Waals surface area contributed by atoms with Gasteiger partial charge in [0.25, 0.3) is 0 Å². The van der Waals surface area contributed by atoms with E-state index in [1.807, 2.05) is 0 Å². The van der Waals surface area contributed by atoms with Crippen LogP contribution in [-0.4, -0.2) is 43.5 Å². The van der Waals surface area contributed by atoms with Crippen molar-refractivity contribution < 1.29 is 33.4 Å². The average molecular weight is 503 g/mol. The van der Waals surface area contributed by atoms with Gasteiger partial charge < -0.3 is 14.2 Å². The summed E-state index contributed by atoms with van der Waals surface area (Å²) in [5.41, 5.74) is -0.0224. The number of ether oxygens (including phenoxy) is 3. The van der Waals surface area contributed by atoms with Crippen LogP contribution in [0.25, 0.3) is 0 Å². The maximum absolute atomic E-state index is 11.5. The van der Waals surface area contributed by atoms with Gasteiger partial charge in [0.15, 0.2) is 5.78 Å². The third-order valence-corrected chi connectivity index (χ3v) is 8.46. The van der Waals surface area contributed by atoms with E-state index in [-0.39, 0.29) is 25.6 Å². The molecular formula is C29H42O7. The molecule has 200 valence electrons. The Morgan fingerprint density at radius 1 is 0.833 bits per heavy atom. The first-order valence-electron chi connectivity index (χ1n) is 12.4. The number of rotatable bonds is 13. The van der Waals surface area contributed by atoms with Crippen molar-refractivity contribution in [1.82, 2.24) is 0 Å². The minimum absolute atomic E-state index is 0.0802. The highest BCUT2D eigenvalue weighted by molar-refractivity contribution is 5.89. The van der Waals surface area contributed by atoms with Crippen molar-refractivity contribution in [2.75, 3.05) is 19.8 Å². The van der Waals surface area contributed by atoms with E-state index in [1.54, 1.807) is 6.92 Å². The third kappa shape index (κ3) is 7.52. The molecule has 2 fully saturated rings. The molecular weight excluding hydrogens is 460 g/mol. The zero-order chi connectivity index (χ0) is 27.6. The summed E-state index contributed by atoms with van der Waals surface area (Å²) in [4.78, 5) is 45.0. The van der Waals surface area contributed by atoms with Gasteiger partial charge in [0, 0.05) is 24.6 Å². The maximum atomic E-state index is 11.5. The molecule has 2 saturated carbocycles. The van der Waals surface area contributed by atoms with Gasteiger partial charge in [-0.1, -0.05) is 54.0 Å². The molecule has 7 nitrogen and oxygen atoms in total. The predicted octanol–water partition coefficient (Wildman–Crippen LogP) is 5.16. The quantitative estimate of drug-likeness (QED) is 0.195. The third-order valence-electron chi connectivity index (χ3n) is 8.46. The van der Waals surface area contributed by atoms with Gasteiger partial charge in [-0.15, -0.1) is 0 Å². The van der Waals surface area contributed by atoms with Crippen LogP contribution in [0, 0.1) is 28.1 Å². The summed E-state index contributed by atoms with van der Waals surface area (Å²) in [6, 6.07) is 0. The molecule has 0 aromatic heterocycles. The minimum Gasteiger partial charge on any atom is -0.462 e. The van der Waals surface area contributed by atoms with Crippen molar-refractivity contribution in [2.45, 2.75) is 59.8 Å². The van der Waals surface area contributed by atoms with Crippen LogP contribution in [0.3, 0.4) is 0 Å². The van der Waals surface area contributed by atoms with Crippen LogP contribution in [0.15, 0.2) is 50.6 Å². The summed E-state index contributed by atoms with van der Waals surface area (Å²) in [5, 5.41) is 0. The summed E-state index contributed by atoms with van der Waals surface area (Å²) < 4.78 is 15.0. The number of carbonyl (C=O) groups is 4. The van der Waals surface area contributed by atoms with Gasteiger partial charge in [0.2, 0.25) is 0 Å².